The van der Waals surface area contributed by atoms with Crippen molar-refractivity contribution in [3.05, 3.63) is 29.3 Å². The first-order valence-corrected chi connectivity index (χ1v) is 12.1. The van der Waals surface area contributed by atoms with Crippen molar-refractivity contribution < 1.29 is 28.5 Å². The molecule has 0 spiro atoms. The third-order valence-electron chi connectivity index (χ3n) is 8.44. The van der Waals surface area contributed by atoms with E-state index in [0.29, 0.717) is 5.92 Å². The molecule has 0 unspecified atom stereocenters. The summed E-state index contributed by atoms with van der Waals surface area (Å²) in [5.74, 6) is 0.484. The Morgan fingerprint density at radius 2 is 1.73 bits per heavy atom. The first kappa shape index (κ1) is 24.6. The zero-order valence-corrected chi connectivity index (χ0v) is 21.4. The van der Waals surface area contributed by atoms with Crippen molar-refractivity contribution in [2.24, 2.45) is 17.3 Å². The Hall–Kier alpha value is -1.47. The third kappa shape index (κ3) is 4.36. The highest BCUT2D eigenvalue weighted by Crippen LogP contribution is 2.61. The first-order chi connectivity index (χ1) is 15.4. The van der Waals surface area contributed by atoms with E-state index in [1.165, 1.54) is 11.1 Å². The molecule has 0 bridgehead atoms. The zero-order valence-electron chi connectivity index (χ0n) is 21.4. The van der Waals surface area contributed by atoms with Crippen LogP contribution in [0.25, 0.3) is 0 Å². The monoisotopic (exact) mass is 460 g/mol. The van der Waals surface area contributed by atoms with Crippen molar-refractivity contribution in [3.8, 4) is 5.75 Å². The molecule has 4 rings (SSSR count). The molecule has 0 saturated heterocycles. The van der Waals surface area contributed by atoms with Gasteiger partial charge in [0.1, 0.15) is 11.9 Å². The van der Waals surface area contributed by atoms with E-state index >= 15 is 0 Å². The predicted molar refractivity (Wildman–Crippen MR) is 125 cm³/mol. The summed E-state index contributed by atoms with van der Waals surface area (Å²) in [6, 6.07) is 6.38. The normalized spacial score (nSPS) is 33.9. The number of fused-ring (bicyclic) bond motifs is 5. The molecule has 0 aliphatic heterocycles. The van der Waals surface area contributed by atoms with Gasteiger partial charge in [0.25, 0.3) is 0 Å². The first-order valence-electron chi connectivity index (χ1n) is 12.1. The number of benzene rings is 1. The molecular weight excluding hydrogens is 420 g/mol. The molecule has 0 radical (unpaired) electrons. The summed E-state index contributed by atoms with van der Waals surface area (Å²) in [4.78, 5) is 13.6. The molecular formula is C27H40O6. The summed E-state index contributed by atoms with van der Waals surface area (Å²) in [6.45, 7) is 9.68. The average molecular weight is 461 g/mol. The van der Waals surface area contributed by atoms with Gasteiger partial charge in [0.2, 0.25) is 5.79 Å². The van der Waals surface area contributed by atoms with Gasteiger partial charge < -0.3 is 23.7 Å². The fraction of sp³-hybridized carbons (Fsp3) is 0.741. The van der Waals surface area contributed by atoms with Crippen LogP contribution in [0.3, 0.4) is 0 Å². The standard InChI is InChI=1S/C27H40O6/c1-25(2,30-7)32-17-10-12-18-16(13-17)9-11-19-20-14-21(33-26(3,4)31-8)24(28)27(20,5)15-22(29-6)23(18)19/h10,12-13,19-23H,9,11,14-15H2,1-8H3/t19-,20-,21+,22-,23+,27-/m0/s1. The minimum absolute atomic E-state index is 0.00406. The molecule has 1 aromatic carbocycles. The molecule has 6 heteroatoms. The Morgan fingerprint density at radius 3 is 2.36 bits per heavy atom. The lowest BCUT2D eigenvalue weighted by Crippen LogP contribution is -2.50. The smallest absolute Gasteiger partial charge is 0.204 e. The summed E-state index contributed by atoms with van der Waals surface area (Å²) >= 11 is 0. The van der Waals surface area contributed by atoms with E-state index in [1.807, 2.05) is 33.8 Å². The number of carbonyl (C=O) groups excluding carboxylic acids is 1. The summed E-state index contributed by atoms with van der Waals surface area (Å²) in [5.41, 5.74) is 2.21. The van der Waals surface area contributed by atoms with Crippen LogP contribution < -0.4 is 4.74 Å². The third-order valence-corrected chi connectivity index (χ3v) is 8.44. The van der Waals surface area contributed by atoms with Crippen molar-refractivity contribution in [2.75, 3.05) is 21.3 Å². The summed E-state index contributed by atoms with van der Waals surface area (Å²) in [6.07, 6.45) is 3.03. The fourth-order valence-corrected chi connectivity index (χ4v) is 6.49. The molecule has 3 aliphatic carbocycles. The molecule has 184 valence electrons. The highest BCUT2D eigenvalue weighted by Gasteiger charge is 2.62. The number of Topliss-reactive ketones (excluding diaryl/α,β-unsaturated/α-hetero) is 1. The highest BCUT2D eigenvalue weighted by molar-refractivity contribution is 5.91. The second-order valence-corrected chi connectivity index (χ2v) is 11.1. The van der Waals surface area contributed by atoms with Crippen molar-refractivity contribution in [1.82, 2.24) is 0 Å². The molecule has 6 nitrogen and oxygen atoms in total. The van der Waals surface area contributed by atoms with Crippen LogP contribution in [0.1, 0.15) is 70.9 Å². The van der Waals surface area contributed by atoms with Crippen LogP contribution in [0.4, 0.5) is 0 Å². The van der Waals surface area contributed by atoms with Crippen molar-refractivity contribution >= 4 is 5.78 Å². The maximum atomic E-state index is 13.6. The summed E-state index contributed by atoms with van der Waals surface area (Å²) < 4.78 is 29.2. The minimum atomic E-state index is -0.782. The lowest BCUT2D eigenvalue weighted by molar-refractivity contribution is -0.220. The number of rotatable bonds is 7. The van der Waals surface area contributed by atoms with E-state index in [1.54, 1.807) is 21.3 Å². The van der Waals surface area contributed by atoms with Crippen molar-refractivity contribution in [1.29, 1.82) is 0 Å². The van der Waals surface area contributed by atoms with Gasteiger partial charge in [0.15, 0.2) is 11.6 Å². The molecule has 2 fully saturated rings. The van der Waals surface area contributed by atoms with Crippen LogP contribution in [0, 0.1) is 17.3 Å². The van der Waals surface area contributed by atoms with Gasteiger partial charge in [-0.1, -0.05) is 13.0 Å². The summed E-state index contributed by atoms with van der Waals surface area (Å²) in [5, 5.41) is 0. The van der Waals surface area contributed by atoms with Crippen LogP contribution in [0.2, 0.25) is 0 Å². The van der Waals surface area contributed by atoms with Gasteiger partial charge in [-0.25, -0.2) is 0 Å². The van der Waals surface area contributed by atoms with Crippen LogP contribution in [0.15, 0.2) is 18.2 Å². The second-order valence-electron chi connectivity index (χ2n) is 11.1. The molecule has 3 aliphatic rings. The number of hydrogen-bond acceptors (Lipinski definition) is 6. The number of hydrogen-bond donors (Lipinski definition) is 0. The SMILES string of the molecule is CO[C@H]1C[C@]2(C)C(=O)[C@H](OC(C)(C)OC)C[C@H]2[C@@H]2CCc3cc(OC(C)(C)OC)ccc3[C@H]21. The van der Waals surface area contributed by atoms with Gasteiger partial charge in [-0.2, -0.15) is 0 Å². The van der Waals surface area contributed by atoms with Gasteiger partial charge in [0, 0.05) is 46.5 Å². The van der Waals surface area contributed by atoms with Gasteiger partial charge in [-0.15, -0.1) is 0 Å². The Labute approximate surface area is 198 Å². The molecule has 2 saturated carbocycles. The maximum absolute atomic E-state index is 13.6. The van der Waals surface area contributed by atoms with Gasteiger partial charge in [-0.3, -0.25) is 4.79 Å². The Bertz CT molecular complexity index is 893. The fourth-order valence-electron chi connectivity index (χ4n) is 6.49. The van der Waals surface area contributed by atoms with E-state index in [2.05, 4.69) is 19.1 Å². The van der Waals surface area contributed by atoms with E-state index in [-0.39, 0.29) is 23.7 Å². The van der Waals surface area contributed by atoms with Gasteiger partial charge >= 0.3 is 0 Å². The Kier molecular flexibility index (Phi) is 6.45. The van der Waals surface area contributed by atoms with E-state index in [4.69, 9.17) is 23.7 Å². The van der Waals surface area contributed by atoms with Gasteiger partial charge in [0.05, 0.1) is 6.10 Å². The minimum Gasteiger partial charge on any atom is -0.463 e. The number of carbonyl (C=O) groups is 1. The van der Waals surface area contributed by atoms with E-state index in [0.717, 1.165) is 31.4 Å². The van der Waals surface area contributed by atoms with Crippen LogP contribution in [-0.4, -0.2) is 50.9 Å². The van der Waals surface area contributed by atoms with Crippen LogP contribution in [-0.2, 0) is 30.2 Å². The predicted octanol–water partition coefficient (Wildman–Crippen LogP) is 4.88. The van der Waals surface area contributed by atoms with E-state index < -0.39 is 23.1 Å². The van der Waals surface area contributed by atoms with E-state index in [9.17, 15) is 4.79 Å². The maximum Gasteiger partial charge on any atom is 0.204 e. The molecule has 0 aromatic heterocycles. The lowest BCUT2D eigenvalue weighted by Gasteiger charge is -2.51. The second kappa shape index (κ2) is 8.63. The largest absolute Gasteiger partial charge is 0.463 e. The Morgan fingerprint density at radius 1 is 1.03 bits per heavy atom. The van der Waals surface area contributed by atoms with Crippen LogP contribution in [0.5, 0.6) is 5.75 Å². The number of methoxy groups -OCH3 is 3. The average Bonchev–Trinajstić information content (AvgIpc) is 3.02. The number of aryl methyl sites for hydroxylation is 1. The summed E-state index contributed by atoms with van der Waals surface area (Å²) in [7, 11) is 5.05. The number of ketones is 1. The molecule has 0 amide bonds. The van der Waals surface area contributed by atoms with Crippen molar-refractivity contribution in [3.63, 3.8) is 0 Å². The van der Waals surface area contributed by atoms with Crippen LogP contribution >= 0.6 is 0 Å². The zero-order chi connectivity index (χ0) is 24.2. The molecule has 1 aromatic rings. The van der Waals surface area contributed by atoms with Crippen molar-refractivity contribution in [2.45, 2.75) is 90.0 Å². The molecule has 33 heavy (non-hydrogen) atoms. The number of ether oxygens (including phenoxy) is 5. The van der Waals surface area contributed by atoms with Gasteiger partial charge in [-0.05, 0) is 74.6 Å². The molecule has 6 atom stereocenters. The quantitative estimate of drug-likeness (QED) is 0.541. The topological polar surface area (TPSA) is 63.2 Å². The Balaban J connectivity index is 1.64. The molecule has 0 N–H and O–H groups in total. The highest BCUT2D eigenvalue weighted by atomic mass is 16.7. The lowest BCUT2D eigenvalue weighted by atomic mass is 9.54. The molecule has 0 heterocycles.